The van der Waals surface area contributed by atoms with E-state index in [1.165, 1.54) is 0 Å². The molecule has 15 heavy (non-hydrogen) atoms. The van der Waals surface area contributed by atoms with Gasteiger partial charge in [0, 0.05) is 25.9 Å². The minimum Gasteiger partial charge on any atom is -0.503 e. The van der Waals surface area contributed by atoms with Gasteiger partial charge in [-0.2, -0.15) is 0 Å². The second kappa shape index (κ2) is 3.52. The maximum Gasteiger partial charge on any atom is 0.201 e. The molecule has 1 atom stereocenters. The molecule has 1 heterocycles. The van der Waals surface area contributed by atoms with Crippen LogP contribution in [0.4, 0.5) is 0 Å². The van der Waals surface area contributed by atoms with E-state index in [0.717, 1.165) is 25.9 Å². The molecule has 1 aliphatic carbocycles. The number of Topliss-reactive ketones (excluding diaryl/α,β-unsaturated/α-hetero) is 1. The fourth-order valence-corrected chi connectivity index (χ4v) is 2.35. The molecule has 1 fully saturated rings. The van der Waals surface area contributed by atoms with E-state index < -0.39 is 5.60 Å². The summed E-state index contributed by atoms with van der Waals surface area (Å²) >= 11 is 0. The molecule has 1 saturated heterocycles. The highest BCUT2D eigenvalue weighted by molar-refractivity contribution is 5.95. The van der Waals surface area contributed by atoms with Crippen molar-refractivity contribution in [2.75, 3.05) is 13.1 Å². The monoisotopic (exact) mass is 211 g/mol. The van der Waals surface area contributed by atoms with Crippen LogP contribution < -0.4 is 0 Å². The third-order valence-electron chi connectivity index (χ3n) is 3.11. The first-order valence-corrected chi connectivity index (χ1v) is 5.42. The molecule has 2 N–H and O–H groups in total. The number of carbonyl (C=O) groups is 1. The van der Waals surface area contributed by atoms with E-state index >= 15 is 0 Å². The Morgan fingerprint density at radius 2 is 1.87 bits per heavy atom. The summed E-state index contributed by atoms with van der Waals surface area (Å²) in [7, 11) is 0. The molecule has 0 bridgehead atoms. The number of aliphatic hydroxyl groups is 2. The Kier molecular flexibility index (Phi) is 2.46. The van der Waals surface area contributed by atoms with Gasteiger partial charge in [0.15, 0.2) is 5.76 Å². The highest BCUT2D eigenvalue weighted by Crippen LogP contribution is 2.32. The molecule has 1 aliphatic heterocycles. The van der Waals surface area contributed by atoms with Crippen LogP contribution in [0.3, 0.4) is 0 Å². The summed E-state index contributed by atoms with van der Waals surface area (Å²) in [5.74, 6) is -0.475. The van der Waals surface area contributed by atoms with Gasteiger partial charge in [-0.05, 0) is 19.8 Å². The zero-order valence-corrected chi connectivity index (χ0v) is 8.99. The van der Waals surface area contributed by atoms with Gasteiger partial charge in [-0.15, -0.1) is 0 Å². The predicted octanol–water partition coefficient (Wildman–Crippen LogP) is 0.966. The summed E-state index contributed by atoms with van der Waals surface area (Å²) in [6.45, 7) is 3.40. The molecule has 84 valence electrons. The second-order valence-corrected chi connectivity index (χ2v) is 4.76. The van der Waals surface area contributed by atoms with Crippen LogP contribution in [0.5, 0.6) is 0 Å². The standard InChI is InChI=1S/C11H17NO3/c1-11(15)6-8(10(14)9(13)7-11)12-4-2-3-5-12/h14-15H,2-7H2,1H3. The largest absolute Gasteiger partial charge is 0.503 e. The minimum atomic E-state index is -0.999. The third kappa shape index (κ3) is 2.00. The van der Waals surface area contributed by atoms with Crippen LogP contribution in [0.15, 0.2) is 11.5 Å². The number of carbonyl (C=O) groups excluding carboxylic acids is 1. The van der Waals surface area contributed by atoms with Crippen LogP contribution in [0.2, 0.25) is 0 Å². The minimum absolute atomic E-state index is 0.0240. The number of hydrogen-bond donors (Lipinski definition) is 2. The summed E-state index contributed by atoms with van der Waals surface area (Å²) in [5, 5.41) is 19.6. The van der Waals surface area contributed by atoms with Crippen molar-refractivity contribution in [3.05, 3.63) is 11.5 Å². The van der Waals surface area contributed by atoms with Crippen molar-refractivity contribution in [2.45, 2.75) is 38.2 Å². The lowest BCUT2D eigenvalue weighted by molar-refractivity contribution is -0.124. The molecule has 0 saturated carbocycles. The normalized spacial score (nSPS) is 32.7. The van der Waals surface area contributed by atoms with Gasteiger partial charge in [0.25, 0.3) is 0 Å². The third-order valence-corrected chi connectivity index (χ3v) is 3.11. The first-order valence-electron chi connectivity index (χ1n) is 5.42. The van der Waals surface area contributed by atoms with Crippen molar-refractivity contribution in [3.8, 4) is 0 Å². The van der Waals surface area contributed by atoms with Crippen molar-refractivity contribution in [3.63, 3.8) is 0 Å². The van der Waals surface area contributed by atoms with Crippen molar-refractivity contribution in [2.24, 2.45) is 0 Å². The molecule has 0 spiro atoms. The van der Waals surface area contributed by atoms with Gasteiger partial charge >= 0.3 is 0 Å². The number of likely N-dealkylation sites (tertiary alicyclic amines) is 1. The van der Waals surface area contributed by atoms with Crippen LogP contribution in [-0.2, 0) is 4.79 Å². The van der Waals surface area contributed by atoms with Gasteiger partial charge in [-0.25, -0.2) is 0 Å². The van der Waals surface area contributed by atoms with Crippen LogP contribution in [-0.4, -0.2) is 39.6 Å². The predicted molar refractivity (Wildman–Crippen MR) is 55.3 cm³/mol. The smallest absolute Gasteiger partial charge is 0.201 e. The molecule has 0 amide bonds. The van der Waals surface area contributed by atoms with E-state index in [1.54, 1.807) is 6.92 Å². The lowest BCUT2D eigenvalue weighted by atomic mass is 9.87. The number of allylic oxidation sites excluding steroid dienone is 1. The fourth-order valence-electron chi connectivity index (χ4n) is 2.35. The highest BCUT2D eigenvalue weighted by Gasteiger charge is 2.37. The van der Waals surface area contributed by atoms with Gasteiger partial charge in [0.05, 0.1) is 11.3 Å². The number of nitrogens with zero attached hydrogens (tertiary/aromatic N) is 1. The Bertz CT molecular complexity index is 314. The fraction of sp³-hybridized carbons (Fsp3) is 0.727. The lowest BCUT2D eigenvalue weighted by Gasteiger charge is -2.33. The Hall–Kier alpha value is -1.03. The molecule has 0 aromatic carbocycles. The van der Waals surface area contributed by atoms with Gasteiger partial charge in [0.1, 0.15) is 0 Å². The molecule has 1 unspecified atom stereocenters. The molecule has 4 heteroatoms. The molecule has 0 aromatic rings. The highest BCUT2D eigenvalue weighted by atomic mass is 16.3. The Labute approximate surface area is 89.2 Å². The first kappa shape index (κ1) is 10.5. The summed E-state index contributed by atoms with van der Waals surface area (Å²) in [5.41, 5.74) is -0.366. The maximum absolute atomic E-state index is 11.5. The van der Waals surface area contributed by atoms with Crippen LogP contribution in [0.1, 0.15) is 32.6 Å². The van der Waals surface area contributed by atoms with Crippen LogP contribution >= 0.6 is 0 Å². The van der Waals surface area contributed by atoms with Crippen molar-refractivity contribution in [1.29, 1.82) is 0 Å². The van der Waals surface area contributed by atoms with Gasteiger partial charge in [-0.3, -0.25) is 4.79 Å². The van der Waals surface area contributed by atoms with Crippen molar-refractivity contribution < 1.29 is 15.0 Å². The molecule has 0 radical (unpaired) electrons. The molecule has 2 aliphatic rings. The number of hydrogen-bond acceptors (Lipinski definition) is 4. The van der Waals surface area contributed by atoms with E-state index in [-0.39, 0.29) is 18.0 Å². The SMILES string of the molecule is CC1(O)CC(=O)C(O)=C(N2CCCC2)C1. The van der Waals surface area contributed by atoms with Gasteiger partial charge in [0.2, 0.25) is 5.78 Å². The summed E-state index contributed by atoms with van der Waals surface area (Å²) in [6, 6.07) is 0. The number of aliphatic hydroxyl groups excluding tert-OH is 1. The molecular formula is C11H17NO3. The Morgan fingerprint density at radius 3 is 2.47 bits per heavy atom. The topological polar surface area (TPSA) is 60.8 Å². The van der Waals surface area contributed by atoms with E-state index in [2.05, 4.69) is 0 Å². The summed E-state index contributed by atoms with van der Waals surface area (Å²) < 4.78 is 0. The quantitative estimate of drug-likeness (QED) is 0.678. The number of ketones is 1. The molecule has 4 nitrogen and oxygen atoms in total. The van der Waals surface area contributed by atoms with E-state index in [9.17, 15) is 15.0 Å². The maximum atomic E-state index is 11.5. The van der Waals surface area contributed by atoms with Crippen molar-refractivity contribution in [1.82, 2.24) is 4.90 Å². The first-order chi connectivity index (χ1) is 6.99. The summed E-state index contributed by atoms with van der Waals surface area (Å²) in [6.07, 6.45) is 2.58. The molecule has 2 rings (SSSR count). The van der Waals surface area contributed by atoms with E-state index in [0.29, 0.717) is 12.1 Å². The van der Waals surface area contributed by atoms with Crippen LogP contribution in [0, 0.1) is 0 Å². The van der Waals surface area contributed by atoms with Crippen LogP contribution in [0.25, 0.3) is 0 Å². The number of rotatable bonds is 1. The van der Waals surface area contributed by atoms with Gasteiger partial charge < -0.3 is 15.1 Å². The molecule has 0 aromatic heterocycles. The Balaban J connectivity index is 2.26. The van der Waals surface area contributed by atoms with Gasteiger partial charge in [-0.1, -0.05) is 0 Å². The van der Waals surface area contributed by atoms with E-state index in [1.807, 2.05) is 4.90 Å². The summed E-state index contributed by atoms with van der Waals surface area (Å²) in [4.78, 5) is 13.5. The van der Waals surface area contributed by atoms with Crippen molar-refractivity contribution >= 4 is 5.78 Å². The van der Waals surface area contributed by atoms with E-state index in [4.69, 9.17) is 0 Å². The average molecular weight is 211 g/mol. The zero-order chi connectivity index (χ0) is 11.1. The Morgan fingerprint density at radius 1 is 1.27 bits per heavy atom. The lowest BCUT2D eigenvalue weighted by Crippen LogP contribution is -2.38. The zero-order valence-electron chi connectivity index (χ0n) is 8.99. The average Bonchev–Trinajstić information content (AvgIpc) is 2.63. The second-order valence-electron chi connectivity index (χ2n) is 4.76. The molecular weight excluding hydrogens is 194 g/mol.